The lowest BCUT2D eigenvalue weighted by molar-refractivity contribution is 0.0979. The molecule has 6 rings (SSSR count). The molecule has 0 amide bonds. The molecule has 4 N–H and O–H groups in total. The van der Waals surface area contributed by atoms with Gasteiger partial charge in [0.2, 0.25) is 0 Å². The van der Waals surface area contributed by atoms with Crippen LogP contribution in [-0.2, 0) is 0 Å². The first-order valence-electron chi connectivity index (χ1n) is 10.5. The Kier molecular flexibility index (Phi) is 4.91. The summed E-state index contributed by atoms with van der Waals surface area (Å²) in [7, 11) is 0. The molecule has 0 saturated carbocycles. The minimum Gasteiger partial charge on any atom is -0.398 e. The Labute approximate surface area is 194 Å². The third-order valence-electron chi connectivity index (χ3n) is 5.97. The zero-order valence-electron chi connectivity index (χ0n) is 17.9. The van der Waals surface area contributed by atoms with E-state index in [1.54, 1.807) is 84.9 Å². The molecule has 0 bridgehead atoms. The fourth-order valence-electron chi connectivity index (χ4n) is 4.34. The minimum absolute atomic E-state index is 0.137. The second kappa shape index (κ2) is 7.94. The van der Waals surface area contributed by atoms with Gasteiger partial charge >= 0.3 is 0 Å². The highest BCUT2D eigenvalue weighted by Gasteiger charge is 2.31. The van der Waals surface area contributed by atoms with Gasteiger partial charge in [-0.15, -0.1) is 0 Å². The predicted molar refractivity (Wildman–Crippen MR) is 128 cm³/mol. The van der Waals surface area contributed by atoms with Gasteiger partial charge in [0.25, 0.3) is 0 Å². The Morgan fingerprint density at radius 1 is 0.353 bits per heavy atom. The van der Waals surface area contributed by atoms with Crippen molar-refractivity contribution in [1.29, 1.82) is 0 Å². The van der Waals surface area contributed by atoms with Crippen LogP contribution in [-0.4, -0.2) is 23.1 Å². The minimum atomic E-state index is -0.173. The molecular weight excluding hydrogens is 428 g/mol. The highest BCUT2D eigenvalue weighted by Crippen LogP contribution is 2.31. The van der Waals surface area contributed by atoms with Gasteiger partial charge in [-0.3, -0.25) is 19.2 Å². The molecule has 2 aliphatic carbocycles. The summed E-state index contributed by atoms with van der Waals surface area (Å²) < 4.78 is 0. The molecule has 0 radical (unpaired) electrons. The first kappa shape index (κ1) is 21.0. The number of hydrogen-bond acceptors (Lipinski definition) is 6. The zero-order chi connectivity index (χ0) is 24.0. The summed E-state index contributed by atoms with van der Waals surface area (Å²) in [6.07, 6.45) is 0. The third-order valence-corrected chi connectivity index (χ3v) is 5.97. The van der Waals surface area contributed by atoms with Gasteiger partial charge in [-0.05, 0) is 12.1 Å². The first-order valence-corrected chi connectivity index (χ1v) is 10.5. The summed E-state index contributed by atoms with van der Waals surface area (Å²) in [5.74, 6) is -0.619. The van der Waals surface area contributed by atoms with E-state index in [1.165, 1.54) is 0 Å². The number of rotatable bonds is 0. The molecular formula is C28H18N2O4. The van der Waals surface area contributed by atoms with Gasteiger partial charge in [0.05, 0.1) is 11.1 Å². The fourth-order valence-corrected chi connectivity index (χ4v) is 4.34. The van der Waals surface area contributed by atoms with Crippen molar-refractivity contribution < 1.29 is 19.2 Å². The van der Waals surface area contributed by atoms with Crippen LogP contribution in [0.1, 0.15) is 63.7 Å². The van der Waals surface area contributed by atoms with E-state index in [2.05, 4.69) is 0 Å². The van der Waals surface area contributed by atoms with Gasteiger partial charge in [0.1, 0.15) is 0 Å². The first-order chi connectivity index (χ1) is 16.4. The van der Waals surface area contributed by atoms with Crippen molar-refractivity contribution in [2.75, 3.05) is 11.5 Å². The van der Waals surface area contributed by atoms with E-state index in [0.29, 0.717) is 55.9 Å². The fraction of sp³-hybridized carbons (Fsp3) is 0. The van der Waals surface area contributed by atoms with Crippen LogP contribution in [0, 0.1) is 0 Å². The van der Waals surface area contributed by atoms with E-state index in [4.69, 9.17) is 11.5 Å². The van der Waals surface area contributed by atoms with Crippen molar-refractivity contribution >= 4 is 34.5 Å². The van der Waals surface area contributed by atoms with Crippen molar-refractivity contribution in [1.82, 2.24) is 0 Å². The summed E-state index contributed by atoms with van der Waals surface area (Å²) in [5, 5.41) is 0. The number of hydrogen-bond donors (Lipinski definition) is 2. The maximum atomic E-state index is 12.2. The number of benzene rings is 4. The largest absolute Gasteiger partial charge is 0.398 e. The van der Waals surface area contributed by atoms with Crippen molar-refractivity contribution in [2.45, 2.75) is 0 Å². The number of fused-ring (bicyclic) bond motifs is 4. The summed E-state index contributed by atoms with van der Waals surface area (Å²) in [5.41, 5.74) is 15.5. The molecule has 164 valence electrons. The number of carbonyl (C=O) groups is 4. The van der Waals surface area contributed by atoms with Gasteiger partial charge in [-0.2, -0.15) is 0 Å². The summed E-state index contributed by atoms with van der Waals surface area (Å²) in [6.45, 7) is 0. The van der Waals surface area contributed by atoms with Crippen LogP contribution in [0.25, 0.3) is 0 Å². The maximum Gasteiger partial charge on any atom is 0.196 e. The van der Waals surface area contributed by atoms with Gasteiger partial charge in [-0.25, -0.2) is 0 Å². The smallest absolute Gasteiger partial charge is 0.196 e. The van der Waals surface area contributed by atoms with Crippen LogP contribution in [0.2, 0.25) is 0 Å². The van der Waals surface area contributed by atoms with Gasteiger partial charge in [-0.1, -0.05) is 72.8 Å². The Morgan fingerprint density at radius 2 is 0.647 bits per heavy atom. The van der Waals surface area contributed by atoms with Crippen molar-refractivity contribution in [3.8, 4) is 0 Å². The molecule has 0 heterocycles. The van der Waals surface area contributed by atoms with Gasteiger partial charge < -0.3 is 11.5 Å². The average Bonchev–Trinajstić information content (AvgIpc) is 2.86. The molecule has 0 aromatic heterocycles. The lowest BCUT2D eigenvalue weighted by Crippen LogP contribution is -2.22. The summed E-state index contributed by atoms with van der Waals surface area (Å²) >= 11 is 0. The van der Waals surface area contributed by atoms with Gasteiger partial charge in [0.15, 0.2) is 23.1 Å². The molecule has 2 aliphatic rings. The second-order valence-corrected chi connectivity index (χ2v) is 7.95. The zero-order valence-corrected chi connectivity index (χ0v) is 17.9. The maximum absolute atomic E-state index is 12.2. The molecule has 6 nitrogen and oxygen atoms in total. The highest BCUT2D eigenvalue weighted by atomic mass is 16.1. The Bertz CT molecular complexity index is 1440. The number of ketones is 4. The van der Waals surface area contributed by atoms with Crippen molar-refractivity contribution in [3.05, 3.63) is 129 Å². The standard InChI is InChI=1S/2C14H9NO2/c2*15-11-7-3-6-10-12(11)14(17)9-5-2-1-4-8(9)13(10)16/h2*1-7H,15H2. The average molecular weight is 446 g/mol. The van der Waals surface area contributed by atoms with E-state index in [0.717, 1.165) is 0 Å². The van der Waals surface area contributed by atoms with Crippen LogP contribution in [0.5, 0.6) is 0 Å². The lowest BCUT2D eigenvalue weighted by Gasteiger charge is -2.18. The molecule has 0 fully saturated rings. The molecule has 0 unspecified atom stereocenters. The van der Waals surface area contributed by atoms with E-state index >= 15 is 0 Å². The van der Waals surface area contributed by atoms with Crippen LogP contribution < -0.4 is 11.5 Å². The molecule has 0 atom stereocenters. The summed E-state index contributed by atoms with van der Waals surface area (Å²) in [4.78, 5) is 48.9. The predicted octanol–water partition coefficient (Wildman–Crippen LogP) is 4.09. The van der Waals surface area contributed by atoms with Crippen LogP contribution in [0.4, 0.5) is 11.4 Å². The topological polar surface area (TPSA) is 120 Å². The van der Waals surface area contributed by atoms with Crippen molar-refractivity contribution in [2.24, 2.45) is 0 Å². The molecule has 34 heavy (non-hydrogen) atoms. The van der Waals surface area contributed by atoms with E-state index in [9.17, 15) is 19.2 Å². The number of nitrogen functional groups attached to an aromatic ring is 2. The van der Waals surface area contributed by atoms with Crippen LogP contribution >= 0.6 is 0 Å². The van der Waals surface area contributed by atoms with Crippen LogP contribution in [0.3, 0.4) is 0 Å². The van der Waals surface area contributed by atoms with E-state index in [1.807, 2.05) is 0 Å². The van der Waals surface area contributed by atoms with Crippen LogP contribution in [0.15, 0.2) is 84.9 Å². The SMILES string of the molecule is Nc1cccc2c1C(=O)c1ccccc1C2=O.Nc1cccc2c1C(=O)c1ccccc1C2=O. The Hall–Kier alpha value is -4.84. The van der Waals surface area contributed by atoms with Crippen molar-refractivity contribution in [3.63, 3.8) is 0 Å². The number of nitrogens with two attached hydrogens (primary N) is 2. The molecule has 6 heteroatoms. The lowest BCUT2D eigenvalue weighted by atomic mass is 9.83. The van der Waals surface area contributed by atoms with Gasteiger partial charge in [0, 0.05) is 44.8 Å². The Morgan fingerprint density at radius 3 is 1.00 bits per heavy atom. The molecule has 0 spiro atoms. The third kappa shape index (κ3) is 3.12. The summed E-state index contributed by atoms with van der Waals surface area (Å²) in [6, 6.07) is 23.6. The van der Waals surface area contributed by atoms with E-state index < -0.39 is 0 Å². The molecule has 0 aliphatic heterocycles. The monoisotopic (exact) mass is 446 g/mol. The van der Waals surface area contributed by atoms with E-state index in [-0.39, 0.29) is 23.1 Å². The second-order valence-electron chi connectivity index (χ2n) is 7.95. The Balaban J connectivity index is 0.000000142. The molecule has 4 aromatic rings. The molecule has 0 saturated heterocycles. The quantitative estimate of drug-likeness (QED) is 0.339. The normalized spacial score (nSPS) is 13.2. The number of anilines is 2. The molecule has 4 aromatic carbocycles. The highest BCUT2D eigenvalue weighted by molar-refractivity contribution is 6.30. The number of carbonyl (C=O) groups excluding carboxylic acids is 4.